The normalized spacial score (nSPS) is 19.2. The van der Waals surface area contributed by atoms with E-state index in [0.29, 0.717) is 6.04 Å². The number of fused-ring (bicyclic) bond motifs is 1. The maximum absolute atomic E-state index is 9.29. The van der Waals surface area contributed by atoms with E-state index >= 15 is 0 Å². The summed E-state index contributed by atoms with van der Waals surface area (Å²) in [6, 6.07) is 4.95. The molecule has 18 heavy (non-hydrogen) atoms. The topological polar surface area (TPSA) is 28.4 Å². The molecule has 0 saturated carbocycles. The highest BCUT2D eigenvalue weighted by Crippen LogP contribution is 2.23. The van der Waals surface area contributed by atoms with Gasteiger partial charge in [0.25, 0.3) is 0 Å². The molecule has 0 radical (unpaired) electrons. The van der Waals surface area contributed by atoms with Gasteiger partial charge in [-0.1, -0.05) is 13.8 Å². The van der Waals surface area contributed by atoms with Crippen LogP contribution in [0.2, 0.25) is 0 Å². The molecule has 0 unspecified atom stereocenters. The molecule has 2 heterocycles. The fourth-order valence-electron chi connectivity index (χ4n) is 3.14. The van der Waals surface area contributed by atoms with Crippen molar-refractivity contribution in [1.29, 1.82) is 0 Å². The summed E-state index contributed by atoms with van der Waals surface area (Å²) >= 11 is 0. The maximum Gasteiger partial charge on any atom is 0.0832 e. The third-order valence-corrected chi connectivity index (χ3v) is 3.99. The number of hydrogen-bond donors (Lipinski definition) is 1. The van der Waals surface area contributed by atoms with Crippen LogP contribution in [0.5, 0.6) is 0 Å². The van der Waals surface area contributed by atoms with E-state index in [9.17, 15) is 5.11 Å². The Morgan fingerprint density at radius 2 is 2.00 bits per heavy atom. The van der Waals surface area contributed by atoms with Crippen LogP contribution in [0.4, 0.5) is 0 Å². The molecule has 1 atom stereocenters. The van der Waals surface area contributed by atoms with Gasteiger partial charge in [-0.15, -0.1) is 0 Å². The lowest BCUT2D eigenvalue weighted by molar-refractivity contribution is 0.164. The van der Waals surface area contributed by atoms with E-state index in [1.54, 1.807) is 0 Å². The zero-order valence-electron chi connectivity index (χ0n) is 11.7. The van der Waals surface area contributed by atoms with Gasteiger partial charge >= 0.3 is 0 Å². The number of hydrogen-bond acceptors (Lipinski definition) is 2. The summed E-state index contributed by atoms with van der Waals surface area (Å²) in [5.41, 5.74) is 2.47. The molecule has 0 bridgehead atoms. The molecule has 3 nitrogen and oxygen atoms in total. The van der Waals surface area contributed by atoms with Crippen LogP contribution < -0.4 is 0 Å². The average Bonchev–Trinajstić information content (AvgIpc) is 2.80. The molecule has 0 aromatic carbocycles. The lowest BCUT2D eigenvalue weighted by Gasteiger charge is -2.35. The molecule has 1 aromatic rings. The Bertz CT molecular complexity index is 367. The van der Waals surface area contributed by atoms with Gasteiger partial charge in [-0.25, -0.2) is 0 Å². The molecule has 2 rings (SSSR count). The Morgan fingerprint density at radius 1 is 1.28 bits per heavy atom. The summed E-state index contributed by atoms with van der Waals surface area (Å²) in [4.78, 5) is 2.65. The molecule has 1 aliphatic heterocycles. The van der Waals surface area contributed by atoms with Crippen molar-refractivity contribution in [3.63, 3.8) is 0 Å². The second-order valence-corrected chi connectivity index (χ2v) is 5.31. The molecular weight excluding hydrogens is 224 g/mol. The fourth-order valence-corrected chi connectivity index (χ4v) is 3.14. The quantitative estimate of drug-likeness (QED) is 0.840. The minimum absolute atomic E-state index is 0.165. The van der Waals surface area contributed by atoms with Gasteiger partial charge in [-0.3, -0.25) is 4.90 Å². The van der Waals surface area contributed by atoms with Crippen LogP contribution in [0.15, 0.2) is 12.1 Å². The highest BCUT2D eigenvalue weighted by molar-refractivity contribution is 5.18. The molecule has 1 N–H and O–H groups in total. The maximum atomic E-state index is 9.29. The largest absolute Gasteiger partial charge is 0.390 e. The van der Waals surface area contributed by atoms with Crippen molar-refractivity contribution in [1.82, 2.24) is 9.47 Å². The van der Waals surface area contributed by atoms with Crippen molar-refractivity contribution in [2.45, 2.75) is 58.7 Å². The van der Waals surface area contributed by atoms with E-state index in [1.165, 1.54) is 38.0 Å². The summed E-state index contributed by atoms with van der Waals surface area (Å²) in [5, 5.41) is 9.29. The fraction of sp³-hybridized carbons (Fsp3) is 0.733. The number of nitrogens with zero attached hydrogens (tertiary/aromatic N) is 2. The van der Waals surface area contributed by atoms with Gasteiger partial charge in [-0.05, 0) is 44.5 Å². The third-order valence-electron chi connectivity index (χ3n) is 3.99. The molecule has 1 aliphatic rings. The summed E-state index contributed by atoms with van der Waals surface area (Å²) in [6.07, 6.45) is 4.83. The Hall–Kier alpha value is -0.800. The van der Waals surface area contributed by atoms with Crippen molar-refractivity contribution in [3.05, 3.63) is 23.5 Å². The zero-order chi connectivity index (χ0) is 13.0. The van der Waals surface area contributed by atoms with Crippen LogP contribution in [0, 0.1) is 0 Å². The summed E-state index contributed by atoms with van der Waals surface area (Å²) in [5.74, 6) is 0. The molecule has 102 valence electrons. The van der Waals surface area contributed by atoms with E-state index in [1.807, 2.05) is 0 Å². The predicted molar refractivity (Wildman–Crippen MR) is 74.6 cm³/mol. The van der Waals surface area contributed by atoms with Crippen LogP contribution in [-0.2, 0) is 19.6 Å². The summed E-state index contributed by atoms with van der Waals surface area (Å²) < 4.78 is 2.30. The van der Waals surface area contributed by atoms with E-state index < -0.39 is 0 Å². The lowest BCUT2D eigenvalue weighted by atomic mass is 10.0. The SMILES string of the molecule is CCCN(CCC)[C@H]1CCn2c(CO)ccc2C1. The number of aliphatic hydroxyl groups excluding tert-OH is 1. The smallest absolute Gasteiger partial charge is 0.0832 e. The first-order valence-corrected chi connectivity index (χ1v) is 7.32. The van der Waals surface area contributed by atoms with E-state index in [0.717, 1.165) is 18.7 Å². The molecule has 1 aromatic heterocycles. The van der Waals surface area contributed by atoms with Crippen LogP contribution >= 0.6 is 0 Å². The highest BCUT2D eigenvalue weighted by atomic mass is 16.3. The molecule has 0 saturated heterocycles. The Kier molecular flexibility index (Phi) is 4.84. The third kappa shape index (κ3) is 2.78. The standard InChI is InChI=1S/C15H26N2O/c1-3-8-16(9-4-2)13-7-10-17-14(11-13)5-6-15(17)12-18/h5-6,13,18H,3-4,7-12H2,1-2H3/t13-/m0/s1. The van der Waals surface area contributed by atoms with Gasteiger partial charge in [0.05, 0.1) is 6.61 Å². The van der Waals surface area contributed by atoms with Crippen molar-refractivity contribution in [2.24, 2.45) is 0 Å². The first kappa shape index (κ1) is 13.6. The van der Waals surface area contributed by atoms with Gasteiger partial charge in [0.2, 0.25) is 0 Å². The first-order valence-electron chi connectivity index (χ1n) is 7.32. The van der Waals surface area contributed by atoms with Crippen molar-refractivity contribution < 1.29 is 5.11 Å². The van der Waals surface area contributed by atoms with Crippen LogP contribution in [0.1, 0.15) is 44.5 Å². The Morgan fingerprint density at radius 3 is 2.61 bits per heavy atom. The van der Waals surface area contributed by atoms with Crippen molar-refractivity contribution in [3.8, 4) is 0 Å². The molecule has 0 spiro atoms. The van der Waals surface area contributed by atoms with Gasteiger partial charge in [-0.2, -0.15) is 0 Å². The number of rotatable bonds is 6. The zero-order valence-corrected chi connectivity index (χ0v) is 11.7. The molecule has 0 amide bonds. The number of aliphatic hydroxyl groups is 1. The average molecular weight is 250 g/mol. The molecule has 0 fully saturated rings. The van der Waals surface area contributed by atoms with Crippen LogP contribution in [0.3, 0.4) is 0 Å². The van der Waals surface area contributed by atoms with Crippen LogP contribution in [0.25, 0.3) is 0 Å². The summed E-state index contributed by atoms with van der Waals surface area (Å²) in [6.45, 7) is 8.18. The monoisotopic (exact) mass is 250 g/mol. The Labute approximate surface area is 110 Å². The van der Waals surface area contributed by atoms with Gasteiger partial charge in [0.1, 0.15) is 0 Å². The van der Waals surface area contributed by atoms with Crippen molar-refractivity contribution >= 4 is 0 Å². The second-order valence-electron chi connectivity index (χ2n) is 5.31. The number of aromatic nitrogens is 1. The van der Waals surface area contributed by atoms with E-state index in [4.69, 9.17) is 0 Å². The second kappa shape index (κ2) is 6.39. The highest BCUT2D eigenvalue weighted by Gasteiger charge is 2.24. The molecular formula is C15H26N2O. The first-order chi connectivity index (χ1) is 8.80. The minimum atomic E-state index is 0.165. The van der Waals surface area contributed by atoms with E-state index in [2.05, 4.69) is 35.4 Å². The molecule has 3 heteroatoms. The van der Waals surface area contributed by atoms with Gasteiger partial charge in [0.15, 0.2) is 0 Å². The summed E-state index contributed by atoms with van der Waals surface area (Å²) in [7, 11) is 0. The van der Waals surface area contributed by atoms with Crippen molar-refractivity contribution in [2.75, 3.05) is 13.1 Å². The predicted octanol–water partition coefficient (Wildman–Crippen LogP) is 2.42. The van der Waals surface area contributed by atoms with E-state index in [-0.39, 0.29) is 6.61 Å². The minimum Gasteiger partial charge on any atom is -0.390 e. The van der Waals surface area contributed by atoms with Crippen LogP contribution in [-0.4, -0.2) is 33.7 Å². The Balaban J connectivity index is 2.05. The lowest BCUT2D eigenvalue weighted by Crippen LogP contribution is -2.41. The van der Waals surface area contributed by atoms with Gasteiger partial charge < -0.3 is 9.67 Å². The molecule has 0 aliphatic carbocycles. The van der Waals surface area contributed by atoms with Gasteiger partial charge in [0, 0.05) is 30.4 Å².